The average Bonchev–Trinajstić information content (AvgIpc) is 3.28. The van der Waals surface area contributed by atoms with Gasteiger partial charge in [-0.3, -0.25) is 0 Å². The molecule has 1 fully saturated rings. The molecule has 1 atom stereocenters. The van der Waals surface area contributed by atoms with Gasteiger partial charge in [-0.25, -0.2) is 0 Å². The number of hydrogen-bond donors (Lipinski definition) is 1. The summed E-state index contributed by atoms with van der Waals surface area (Å²) in [6, 6.07) is 9.79. The number of likely N-dealkylation sites (N-methyl/N-ethyl adjacent to an activating group) is 1. The van der Waals surface area contributed by atoms with Crippen LogP contribution in [0.3, 0.4) is 0 Å². The lowest BCUT2D eigenvalue weighted by Gasteiger charge is -2.25. The molecule has 1 unspecified atom stereocenters. The molecule has 118 valence electrons. The Bertz CT molecular complexity index is 412. The van der Waals surface area contributed by atoms with E-state index in [1.165, 1.54) is 18.4 Å². The summed E-state index contributed by atoms with van der Waals surface area (Å²) in [5, 5.41) is 3.68. The Morgan fingerprint density at radius 3 is 2.43 bits per heavy atom. The van der Waals surface area contributed by atoms with Crippen molar-refractivity contribution in [2.24, 2.45) is 0 Å². The molecule has 1 saturated carbocycles. The van der Waals surface area contributed by atoms with Crippen LogP contribution in [0.4, 0.5) is 0 Å². The van der Waals surface area contributed by atoms with E-state index in [9.17, 15) is 0 Å². The predicted octanol–water partition coefficient (Wildman–Crippen LogP) is 3.61. The normalized spacial score (nSPS) is 16.5. The molecule has 0 bridgehead atoms. The zero-order valence-corrected chi connectivity index (χ0v) is 13.9. The summed E-state index contributed by atoms with van der Waals surface area (Å²) in [4.78, 5) is 2.49. The van der Waals surface area contributed by atoms with E-state index in [0.29, 0.717) is 6.04 Å². The van der Waals surface area contributed by atoms with Crippen molar-refractivity contribution in [3.63, 3.8) is 0 Å². The van der Waals surface area contributed by atoms with Gasteiger partial charge in [0.1, 0.15) is 5.75 Å². The van der Waals surface area contributed by atoms with Gasteiger partial charge >= 0.3 is 0 Å². The van der Waals surface area contributed by atoms with Crippen molar-refractivity contribution in [2.75, 3.05) is 20.1 Å². The Morgan fingerprint density at radius 1 is 1.24 bits per heavy atom. The van der Waals surface area contributed by atoms with Gasteiger partial charge in [0, 0.05) is 18.6 Å². The zero-order chi connectivity index (χ0) is 15.2. The first-order valence-corrected chi connectivity index (χ1v) is 8.30. The summed E-state index contributed by atoms with van der Waals surface area (Å²) in [5.41, 5.74) is 1.35. The molecule has 3 heteroatoms. The molecular weight excluding hydrogens is 260 g/mol. The highest BCUT2D eigenvalue weighted by Crippen LogP contribution is 2.28. The van der Waals surface area contributed by atoms with Crippen molar-refractivity contribution in [3.8, 4) is 5.75 Å². The van der Waals surface area contributed by atoms with Crippen LogP contribution >= 0.6 is 0 Å². The van der Waals surface area contributed by atoms with Crippen molar-refractivity contribution in [1.29, 1.82) is 0 Å². The second-order valence-electron chi connectivity index (χ2n) is 6.41. The van der Waals surface area contributed by atoms with E-state index in [2.05, 4.69) is 62.3 Å². The third-order valence-electron chi connectivity index (χ3n) is 3.94. The van der Waals surface area contributed by atoms with Crippen LogP contribution in [-0.2, 0) is 0 Å². The molecule has 1 N–H and O–H groups in total. The van der Waals surface area contributed by atoms with Crippen molar-refractivity contribution < 1.29 is 4.74 Å². The molecule has 2 rings (SSSR count). The number of ether oxygens (including phenoxy) is 1. The van der Waals surface area contributed by atoms with E-state index < -0.39 is 0 Å². The molecule has 1 aromatic rings. The third-order valence-corrected chi connectivity index (χ3v) is 3.94. The first-order valence-electron chi connectivity index (χ1n) is 8.30. The Balaban J connectivity index is 2.00. The van der Waals surface area contributed by atoms with Crippen LogP contribution < -0.4 is 10.1 Å². The maximum Gasteiger partial charge on any atom is 0.119 e. The van der Waals surface area contributed by atoms with Gasteiger partial charge in [0.15, 0.2) is 0 Å². The van der Waals surface area contributed by atoms with Crippen LogP contribution in [0.15, 0.2) is 24.3 Å². The Hall–Kier alpha value is -1.06. The summed E-state index contributed by atoms with van der Waals surface area (Å²) < 4.78 is 5.73. The van der Waals surface area contributed by atoms with Crippen molar-refractivity contribution in [3.05, 3.63) is 29.8 Å². The SMILES string of the molecule is CCCNC(CN(C)C1CC1)c1ccc(OC(C)C)cc1. The molecule has 0 aromatic heterocycles. The lowest BCUT2D eigenvalue weighted by atomic mass is 10.1. The minimum absolute atomic E-state index is 0.228. The lowest BCUT2D eigenvalue weighted by molar-refractivity contribution is 0.242. The van der Waals surface area contributed by atoms with Gasteiger partial charge in [0.05, 0.1) is 6.10 Å². The molecule has 3 nitrogen and oxygen atoms in total. The minimum Gasteiger partial charge on any atom is -0.491 e. The molecule has 1 aliphatic carbocycles. The summed E-state index contributed by atoms with van der Waals surface area (Å²) in [7, 11) is 2.24. The molecule has 1 aliphatic rings. The molecular formula is C18H30N2O. The van der Waals surface area contributed by atoms with Gasteiger partial charge in [-0.1, -0.05) is 19.1 Å². The molecule has 0 radical (unpaired) electrons. The van der Waals surface area contributed by atoms with E-state index in [1.54, 1.807) is 0 Å². The van der Waals surface area contributed by atoms with Crippen LogP contribution in [0.25, 0.3) is 0 Å². The summed E-state index contributed by atoms with van der Waals surface area (Å²) in [6.45, 7) is 8.48. The third kappa shape index (κ3) is 5.33. The summed E-state index contributed by atoms with van der Waals surface area (Å²) in [5.74, 6) is 0.957. The van der Waals surface area contributed by atoms with Gasteiger partial charge in [0.25, 0.3) is 0 Å². The number of nitrogens with zero attached hydrogens (tertiary/aromatic N) is 1. The molecule has 21 heavy (non-hydrogen) atoms. The molecule has 1 aromatic carbocycles. The Kier molecular flexibility index (Phi) is 6.07. The fourth-order valence-electron chi connectivity index (χ4n) is 2.61. The second kappa shape index (κ2) is 7.81. The Morgan fingerprint density at radius 2 is 1.90 bits per heavy atom. The number of rotatable bonds is 9. The van der Waals surface area contributed by atoms with Crippen LogP contribution in [0.2, 0.25) is 0 Å². The van der Waals surface area contributed by atoms with E-state index in [0.717, 1.165) is 31.3 Å². The van der Waals surface area contributed by atoms with Crippen molar-refractivity contribution in [1.82, 2.24) is 10.2 Å². The van der Waals surface area contributed by atoms with E-state index in [4.69, 9.17) is 4.74 Å². The maximum absolute atomic E-state index is 5.73. The second-order valence-corrected chi connectivity index (χ2v) is 6.41. The zero-order valence-electron chi connectivity index (χ0n) is 13.9. The topological polar surface area (TPSA) is 24.5 Å². The number of hydrogen-bond acceptors (Lipinski definition) is 3. The van der Waals surface area contributed by atoms with Gasteiger partial charge in [-0.2, -0.15) is 0 Å². The maximum atomic E-state index is 5.73. The first kappa shape index (κ1) is 16.3. The Labute approximate surface area is 129 Å². The quantitative estimate of drug-likeness (QED) is 0.752. The van der Waals surface area contributed by atoms with E-state index >= 15 is 0 Å². The standard InChI is InChI=1S/C18H30N2O/c1-5-12-19-18(13-20(4)16-8-9-16)15-6-10-17(11-7-15)21-14(2)3/h6-7,10-11,14,16,18-19H,5,8-9,12-13H2,1-4H3. The minimum atomic E-state index is 0.228. The smallest absolute Gasteiger partial charge is 0.119 e. The summed E-state index contributed by atoms with van der Waals surface area (Å²) >= 11 is 0. The molecule has 0 saturated heterocycles. The van der Waals surface area contributed by atoms with E-state index in [-0.39, 0.29) is 6.10 Å². The number of nitrogens with one attached hydrogen (secondary N) is 1. The highest BCUT2D eigenvalue weighted by molar-refractivity contribution is 5.29. The van der Waals surface area contributed by atoms with Crippen LogP contribution in [0.1, 0.15) is 51.6 Å². The highest BCUT2D eigenvalue weighted by Gasteiger charge is 2.27. The molecule has 0 spiro atoms. The monoisotopic (exact) mass is 290 g/mol. The molecule has 0 heterocycles. The average molecular weight is 290 g/mol. The van der Waals surface area contributed by atoms with Gasteiger partial charge in [0.2, 0.25) is 0 Å². The largest absolute Gasteiger partial charge is 0.491 e. The van der Waals surface area contributed by atoms with E-state index in [1.807, 2.05) is 0 Å². The van der Waals surface area contributed by atoms with Gasteiger partial charge < -0.3 is 15.0 Å². The fourth-order valence-corrected chi connectivity index (χ4v) is 2.61. The van der Waals surface area contributed by atoms with Gasteiger partial charge in [-0.15, -0.1) is 0 Å². The predicted molar refractivity (Wildman–Crippen MR) is 88.9 cm³/mol. The van der Waals surface area contributed by atoms with Crippen molar-refractivity contribution in [2.45, 2.75) is 58.2 Å². The molecule has 0 amide bonds. The first-order chi connectivity index (χ1) is 10.1. The number of benzene rings is 1. The lowest BCUT2D eigenvalue weighted by Crippen LogP contribution is -2.34. The highest BCUT2D eigenvalue weighted by atomic mass is 16.5. The van der Waals surface area contributed by atoms with Crippen molar-refractivity contribution >= 4 is 0 Å². The molecule has 0 aliphatic heterocycles. The fraction of sp³-hybridized carbons (Fsp3) is 0.667. The van der Waals surface area contributed by atoms with Crippen LogP contribution in [0, 0.1) is 0 Å². The van der Waals surface area contributed by atoms with Crippen LogP contribution in [-0.4, -0.2) is 37.2 Å². The van der Waals surface area contributed by atoms with Crippen LogP contribution in [0.5, 0.6) is 5.75 Å². The van der Waals surface area contributed by atoms with Gasteiger partial charge in [-0.05, 0) is 64.4 Å². The summed E-state index contributed by atoms with van der Waals surface area (Å²) in [6.07, 6.45) is 4.11.